The van der Waals surface area contributed by atoms with Crippen LogP contribution < -0.4 is 0 Å². The summed E-state index contributed by atoms with van der Waals surface area (Å²) in [4.78, 5) is 3.78. The van der Waals surface area contributed by atoms with Crippen molar-refractivity contribution in [2.24, 2.45) is 0 Å². The second kappa shape index (κ2) is 5.46. The molecule has 0 aliphatic carbocycles. The monoisotopic (exact) mass is 265 g/mol. The molecule has 4 heteroatoms. The van der Waals surface area contributed by atoms with Crippen LogP contribution in [-0.4, -0.2) is 16.0 Å². The van der Waals surface area contributed by atoms with Crippen molar-refractivity contribution in [3.63, 3.8) is 0 Å². The molecular formula is C14H13ClFNO. The van der Waals surface area contributed by atoms with Crippen molar-refractivity contribution in [2.45, 2.75) is 12.0 Å². The van der Waals surface area contributed by atoms with Crippen molar-refractivity contribution in [1.29, 1.82) is 0 Å². The standard InChI is InChI=1S/C14H13ClFNO/c15-7-6-14(18,11-4-2-1-3-5-11)12-8-13(16)10-17-9-12/h1-5,8-10,18H,6-7H2. The van der Waals surface area contributed by atoms with E-state index in [4.69, 9.17) is 11.6 Å². The van der Waals surface area contributed by atoms with E-state index in [1.54, 1.807) is 12.1 Å². The molecule has 1 unspecified atom stereocenters. The first-order valence-corrected chi connectivity index (χ1v) is 6.15. The molecule has 0 saturated heterocycles. The highest BCUT2D eigenvalue weighted by molar-refractivity contribution is 6.17. The van der Waals surface area contributed by atoms with Crippen molar-refractivity contribution in [2.75, 3.05) is 5.88 Å². The van der Waals surface area contributed by atoms with Gasteiger partial charge in [-0.15, -0.1) is 11.6 Å². The van der Waals surface area contributed by atoms with Gasteiger partial charge in [0.05, 0.1) is 6.20 Å². The summed E-state index contributed by atoms with van der Waals surface area (Å²) in [5.74, 6) is -0.210. The van der Waals surface area contributed by atoms with Gasteiger partial charge in [-0.1, -0.05) is 30.3 Å². The zero-order chi connectivity index (χ0) is 13.0. The lowest BCUT2D eigenvalue weighted by Crippen LogP contribution is -2.28. The third-order valence-electron chi connectivity index (χ3n) is 2.89. The minimum absolute atomic E-state index is 0.266. The molecule has 0 amide bonds. The van der Waals surface area contributed by atoms with Gasteiger partial charge in [0.2, 0.25) is 0 Å². The fourth-order valence-corrected chi connectivity index (χ4v) is 2.22. The Hall–Kier alpha value is -1.45. The van der Waals surface area contributed by atoms with Crippen LogP contribution in [0.4, 0.5) is 4.39 Å². The molecule has 1 heterocycles. The number of alkyl halides is 1. The summed E-state index contributed by atoms with van der Waals surface area (Å²) in [5, 5.41) is 10.8. The van der Waals surface area contributed by atoms with Crippen molar-refractivity contribution in [1.82, 2.24) is 4.98 Å². The number of pyridine rings is 1. The van der Waals surface area contributed by atoms with Crippen LogP contribution in [0.1, 0.15) is 17.5 Å². The van der Waals surface area contributed by atoms with Crippen molar-refractivity contribution >= 4 is 11.6 Å². The lowest BCUT2D eigenvalue weighted by Gasteiger charge is -2.28. The normalized spacial score (nSPS) is 14.2. The van der Waals surface area contributed by atoms with E-state index in [9.17, 15) is 9.50 Å². The Morgan fingerprint density at radius 3 is 2.50 bits per heavy atom. The van der Waals surface area contributed by atoms with Gasteiger partial charge in [0.15, 0.2) is 0 Å². The van der Waals surface area contributed by atoms with Gasteiger partial charge >= 0.3 is 0 Å². The molecule has 1 atom stereocenters. The summed E-state index contributed by atoms with van der Waals surface area (Å²) in [6.07, 6.45) is 2.86. The zero-order valence-corrected chi connectivity index (χ0v) is 10.4. The van der Waals surface area contributed by atoms with E-state index in [1.165, 1.54) is 12.3 Å². The molecule has 2 aromatic rings. The second-order valence-corrected chi connectivity index (χ2v) is 4.44. The van der Waals surface area contributed by atoms with E-state index < -0.39 is 11.4 Å². The number of aliphatic hydroxyl groups is 1. The molecule has 0 fully saturated rings. The van der Waals surface area contributed by atoms with Crippen LogP contribution in [0.5, 0.6) is 0 Å². The quantitative estimate of drug-likeness (QED) is 0.862. The van der Waals surface area contributed by atoms with E-state index >= 15 is 0 Å². The minimum atomic E-state index is -1.31. The van der Waals surface area contributed by atoms with Gasteiger partial charge in [-0.3, -0.25) is 4.98 Å². The maximum Gasteiger partial charge on any atom is 0.141 e. The topological polar surface area (TPSA) is 33.1 Å². The lowest BCUT2D eigenvalue weighted by atomic mass is 9.85. The van der Waals surface area contributed by atoms with Crippen LogP contribution >= 0.6 is 11.6 Å². The minimum Gasteiger partial charge on any atom is -0.380 e. The van der Waals surface area contributed by atoms with E-state index in [1.807, 2.05) is 18.2 Å². The van der Waals surface area contributed by atoms with Crippen LogP contribution in [0.25, 0.3) is 0 Å². The Morgan fingerprint density at radius 2 is 1.89 bits per heavy atom. The lowest BCUT2D eigenvalue weighted by molar-refractivity contribution is 0.0767. The number of nitrogens with zero attached hydrogens (tertiary/aromatic N) is 1. The van der Waals surface area contributed by atoms with Crippen molar-refractivity contribution < 1.29 is 9.50 Å². The second-order valence-electron chi connectivity index (χ2n) is 4.06. The molecule has 0 spiro atoms. The third kappa shape index (κ3) is 2.52. The average molecular weight is 266 g/mol. The molecular weight excluding hydrogens is 253 g/mol. The predicted molar refractivity (Wildman–Crippen MR) is 69.0 cm³/mol. The number of rotatable bonds is 4. The Kier molecular flexibility index (Phi) is 3.94. The smallest absolute Gasteiger partial charge is 0.141 e. The van der Waals surface area contributed by atoms with Crippen LogP contribution in [0, 0.1) is 5.82 Å². The van der Waals surface area contributed by atoms with Crippen LogP contribution in [0.15, 0.2) is 48.8 Å². The van der Waals surface area contributed by atoms with Gasteiger partial charge in [0.25, 0.3) is 0 Å². The summed E-state index contributed by atoms with van der Waals surface area (Å²) in [6, 6.07) is 10.4. The highest BCUT2D eigenvalue weighted by Crippen LogP contribution is 2.33. The maximum absolute atomic E-state index is 13.2. The first-order chi connectivity index (χ1) is 8.66. The molecule has 0 saturated carbocycles. The summed E-state index contributed by atoms with van der Waals surface area (Å²) in [6.45, 7) is 0. The number of benzene rings is 1. The maximum atomic E-state index is 13.2. The summed E-state index contributed by atoms with van der Waals surface area (Å²) >= 11 is 5.75. The average Bonchev–Trinajstić information content (AvgIpc) is 2.40. The molecule has 0 radical (unpaired) electrons. The van der Waals surface area contributed by atoms with Crippen molar-refractivity contribution in [3.8, 4) is 0 Å². The summed E-state index contributed by atoms with van der Waals surface area (Å²) in [5.41, 5.74) is -0.217. The van der Waals surface area contributed by atoms with Gasteiger partial charge in [0, 0.05) is 17.6 Å². The van der Waals surface area contributed by atoms with E-state index in [0.717, 1.165) is 6.20 Å². The Morgan fingerprint density at radius 1 is 1.17 bits per heavy atom. The highest BCUT2D eigenvalue weighted by Gasteiger charge is 2.31. The number of hydrogen-bond acceptors (Lipinski definition) is 2. The molecule has 0 bridgehead atoms. The number of aromatic nitrogens is 1. The van der Waals surface area contributed by atoms with E-state index in [2.05, 4.69) is 4.98 Å². The summed E-state index contributed by atoms with van der Waals surface area (Å²) in [7, 11) is 0. The Balaban J connectivity index is 2.50. The SMILES string of the molecule is OC(CCCl)(c1ccccc1)c1cncc(F)c1. The van der Waals surface area contributed by atoms with Gasteiger partial charge in [-0.2, -0.15) is 0 Å². The summed E-state index contributed by atoms with van der Waals surface area (Å²) < 4.78 is 13.2. The molecule has 94 valence electrons. The Labute approximate surface area is 110 Å². The van der Waals surface area contributed by atoms with Crippen LogP contribution in [0.2, 0.25) is 0 Å². The fraction of sp³-hybridized carbons (Fsp3) is 0.214. The molecule has 0 aliphatic heterocycles. The van der Waals surface area contributed by atoms with Gasteiger partial charge < -0.3 is 5.11 Å². The van der Waals surface area contributed by atoms with Crippen LogP contribution in [-0.2, 0) is 5.60 Å². The fourth-order valence-electron chi connectivity index (χ4n) is 1.94. The van der Waals surface area contributed by atoms with Crippen molar-refractivity contribution in [3.05, 3.63) is 65.7 Å². The third-order valence-corrected chi connectivity index (χ3v) is 3.08. The molecule has 2 nitrogen and oxygen atoms in total. The van der Waals surface area contributed by atoms with Gasteiger partial charge in [-0.05, 0) is 18.1 Å². The first-order valence-electron chi connectivity index (χ1n) is 5.62. The van der Waals surface area contributed by atoms with Gasteiger partial charge in [0.1, 0.15) is 11.4 Å². The largest absolute Gasteiger partial charge is 0.380 e. The highest BCUT2D eigenvalue weighted by atomic mass is 35.5. The molecule has 2 rings (SSSR count). The molecule has 0 aliphatic rings. The van der Waals surface area contributed by atoms with E-state index in [-0.39, 0.29) is 5.88 Å². The number of hydrogen-bond donors (Lipinski definition) is 1. The van der Waals surface area contributed by atoms with Crippen LogP contribution in [0.3, 0.4) is 0 Å². The van der Waals surface area contributed by atoms with E-state index in [0.29, 0.717) is 17.5 Å². The number of halogens is 2. The predicted octanol–water partition coefficient (Wildman–Crippen LogP) is 3.09. The first kappa shape index (κ1) is 13.0. The molecule has 1 aromatic heterocycles. The molecule has 18 heavy (non-hydrogen) atoms. The zero-order valence-electron chi connectivity index (χ0n) is 9.68. The Bertz CT molecular complexity index is 520. The molecule has 1 N–H and O–H groups in total. The molecule has 1 aromatic carbocycles. The van der Waals surface area contributed by atoms with Gasteiger partial charge in [-0.25, -0.2) is 4.39 Å².